The van der Waals surface area contributed by atoms with E-state index < -0.39 is 13.3 Å². The summed E-state index contributed by atoms with van der Waals surface area (Å²) in [5, 5.41) is 4.83. The third-order valence-corrected chi connectivity index (χ3v) is 22.2. The van der Waals surface area contributed by atoms with Crippen molar-refractivity contribution in [3.63, 3.8) is 0 Å². The van der Waals surface area contributed by atoms with Crippen molar-refractivity contribution in [2.75, 3.05) is 0 Å². The maximum absolute atomic E-state index is 5.83. The predicted octanol–water partition coefficient (Wildman–Crippen LogP) is 9.70. The summed E-state index contributed by atoms with van der Waals surface area (Å²) in [6.45, 7) is 0. The standard InChI is InChI=1S/C52H34GeN4/c1-5-19-35(20-6-1)51-54-49-41-28-13-16-30-43(41)53(36-21-7-2-8-22-36,37-23-9-3-10-24-37)48(49)52(55-51)57-44-31-17-14-27-39(44)40-33-34-46-47(50(40)57)42-29-15-18-32-45(42)56(46)38-25-11-4-12-26-38/h1-34H. The minimum absolute atomic E-state index is 0.725. The zero-order valence-electron chi connectivity index (χ0n) is 30.9. The Kier molecular flexibility index (Phi) is 7.07. The van der Waals surface area contributed by atoms with Crippen LogP contribution in [0.4, 0.5) is 0 Å². The minimum atomic E-state index is -3.86. The molecule has 0 radical (unpaired) electrons. The van der Waals surface area contributed by atoms with Gasteiger partial charge in [0.1, 0.15) is 0 Å². The fourth-order valence-corrected chi connectivity index (χ4v) is 20.6. The van der Waals surface area contributed by atoms with E-state index in [0.717, 1.165) is 45.1 Å². The molecule has 5 heteroatoms. The third-order valence-electron chi connectivity index (χ3n) is 12.0. The molecule has 4 nitrogen and oxygen atoms in total. The van der Waals surface area contributed by atoms with Crippen molar-refractivity contribution in [2.24, 2.45) is 0 Å². The summed E-state index contributed by atoms with van der Waals surface area (Å²) in [5.74, 6) is 1.68. The molecule has 12 rings (SSSR count). The summed E-state index contributed by atoms with van der Waals surface area (Å²) >= 11 is -3.86. The number of fused-ring (bicyclic) bond motifs is 10. The van der Waals surface area contributed by atoms with Gasteiger partial charge in [-0.05, 0) is 0 Å². The molecular formula is C52H34GeN4. The molecule has 8 aromatic carbocycles. The van der Waals surface area contributed by atoms with Crippen molar-refractivity contribution in [1.82, 2.24) is 19.1 Å². The van der Waals surface area contributed by atoms with Crippen LogP contribution in [-0.4, -0.2) is 32.4 Å². The van der Waals surface area contributed by atoms with E-state index in [2.05, 4.69) is 215 Å². The van der Waals surface area contributed by atoms with Crippen molar-refractivity contribution < 1.29 is 0 Å². The first-order valence-corrected chi connectivity index (χ1v) is 23.7. The van der Waals surface area contributed by atoms with Gasteiger partial charge < -0.3 is 0 Å². The Balaban J connectivity index is 1.34. The number of hydrogen-bond acceptors (Lipinski definition) is 2. The van der Waals surface area contributed by atoms with Gasteiger partial charge in [-0.1, -0.05) is 0 Å². The first kappa shape index (κ1) is 32.2. The number of benzene rings is 8. The van der Waals surface area contributed by atoms with Gasteiger partial charge in [0.25, 0.3) is 0 Å². The van der Waals surface area contributed by atoms with Gasteiger partial charge in [-0.25, -0.2) is 0 Å². The molecule has 0 saturated carbocycles. The predicted molar refractivity (Wildman–Crippen MR) is 239 cm³/mol. The Morgan fingerprint density at radius 3 is 1.67 bits per heavy atom. The van der Waals surface area contributed by atoms with Gasteiger partial charge in [0, 0.05) is 0 Å². The van der Waals surface area contributed by atoms with E-state index in [1.165, 1.54) is 50.2 Å². The summed E-state index contributed by atoms with van der Waals surface area (Å²) in [6, 6.07) is 75.1. The maximum atomic E-state index is 5.83. The molecule has 11 aromatic rings. The molecule has 0 amide bonds. The average Bonchev–Trinajstić information content (AvgIpc) is 3.92. The van der Waals surface area contributed by atoms with Gasteiger partial charge >= 0.3 is 334 Å². The van der Waals surface area contributed by atoms with Gasteiger partial charge in [-0.15, -0.1) is 0 Å². The Morgan fingerprint density at radius 1 is 0.404 bits per heavy atom. The molecule has 0 fully saturated rings. The second-order valence-corrected chi connectivity index (χ2v) is 22.6. The van der Waals surface area contributed by atoms with Crippen molar-refractivity contribution >= 4 is 74.5 Å². The molecule has 0 aliphatic carbocycles. The Labute approximate surface area is 332 Å². The normalized spacial score (nSPS) is 13.1. The van der Waals surface area contributed by atoms with Crippen LogP contribution in [0.25, 0.3) is 77.8 Å². The Hall–Kier alpha value is -7.02. The summed E-state index contributed by atoms with van der Waals surface area (Å²) in [7, 11) is 0. The molecule has 0 N–H and O–H groups in total. The first-order valence-electron chi connectivity index (χ1n) is 19.5. The van der Waals surface area contributed by atoms with Crippen LogP contribution < -0.4 is 17.6 Å². The van der Waals surface area contributed by atoms with E-state index in [-0.39, 0.29) is 0 Å². The van der Waals surface area contributed by atoms with Crippen molar-refractivity contribution in [1.29, 1.82) is 0 Å². The van der Waals surface area contributed by atoms with Crippen LogP contribution in [0.2, 0.25) is 0 Å². The second kappa shape index (κ2) is 12.5. The molecule has 3 aromatic heterocycles. The number of para-hydroxylation sites is 3. The number of rotatable bonds is 5. The van der Waals surface area contributed by atoms with Gasteiger partial charge in [-0.2, -0.15) is 0 Å². The fraction of sp³-hybridized carbons (Fsp3) is 0. The molecule has 266 valence electrons. The molecular weight excluding hydrogens is 753 g/mol. The SMILES string of the molecule is c1ccc(-c2nc3[c](c(-n4c5ccccc5c5ccc6c(c7ccccc7n6-c6ccccc6)c54)n2)[Ge]([c]2ccccc2)([c]2ccccc2)[c]2ccccc2-3)cc1. The number of hydrogen-bond donors (Lipinski definition) is 0. The third kappa shape index (κ3) is 4.50. The molecule has 0 spiro atoms. The van der Waals surface area contributed by atoms with E-state index in [1.54, 1.807) is 0 Å². The van der Waals surface area contributed by atoms with Gasteiger partial charge in [0.05, 0.1) is 0 Å². The zero-order chi connectivity index (χ0) is 37.5. The fourth-order valence-electron chi connectivity index (χ4n) is 9.75. The van der Waals surface area contributed by atoms with Crippen molar-refractivity contribution in [3.8, 4) is 34.2 Å². The summed E-state index contributed by atoms with van der Waals surface area (Å²) < 4.78 is 10.3. The van der Waals surface area contributed by atoms with Crippen LogP contribution in [-0.2, 0) is 0 Å². The molecule has 0 atom stereocenters. The first-order chi connectivity index (χ1) is 28.3. The molecule has 1 aliphatic heterocycles. The zero-order valence-corrected chi connectivity index (χ0v) is 33.0. The summed E-state index contributed by atoms with van der Waals surface area (Å²) in [6.07, 6.45) is 0. The molecule has 0 saturated heterocycles. The average molecular weight is 787 g/mol. The van der Waals surface area contributed by atoms with Crippen LogP contribution in [0.15, 0.2) is 206 Å². The monoisotopic (exact) mass is 788 g/mol. The quantitative estimate of drug-likeness (QED) is 0.163. The van der Waals surface area contributed by atoms with Gasteiger partial charge in [-0.3, -0.25) is 0 Å². The van der Waals surface area contributed by atoms with E-state index in [1.807, 2.05) is 0 Å². The molecule has 1 aliphatic rings. The van der Waals surface area contributed by atoms with Crippen LogP contribution in [0, 0.1) is 0 Å². The molecule has 57 heavy (non-hydrogen) atoms. The number of nitrogens with zero attached hydrogens (tertiary/aromatic N) is 4. The summed E-state index contributed by atoms with van der Waals surface area (Å²) in [5.41, 5.74) is 8.99. The van der Waals surface area contributed by atoms with Gasteiger partial charge in [0.2, 0.25) is 0 Å². The van der Waals surface area contributed by atoms with E-state index >= 15 is 0 Å². The summed E-state index contributed by atoms with van der Waals surface area (Å²) in [4.78, 5) is 11.4. The van der Waals surface area contributed by atoms with Crippen LogP contribution in [0.1, 0.15) is 0 Å². The van der Waals surface area contributed by atoms with E-state index in [9.17, 15) is 0 Å². The molecule has 0 bridgehead atoms. The number of aromatic nitrogens is 4. The van der Waals surface area contributed by atoms with E-state index in [4.69, 9.17) is 9.97 Å². The van der Waals surface area contributed by atoms with Crippen LogP contribution in [0.5, 0.6) is 0 Å². The van der Waals surface area contributed by atoms with Crippen LogP contribution in [0.3, 0.4) is 0 Å². The second-order valence-electron chi connectivity index (χ2n) is 14.9. The Morgan fingerprint density at radius 2 is 0.965 bits per heavy atom. The molecule has 0 unspecified atom stereocenters. The topological polar surface area (TPSA) is 35.6 Å². The Bertz CT molecular complexity index is 3290. The van der Waals surface area contributed by atoms with Crippen molar-refractivity contribution in [3.05, 3.63) is 206 Å². The van der Waals surface area contributed by atoms with Crippen LogP contribution >= 0.6 is 0 Å². The van der Waals surface area contributed by atoms with E-state index in [0.29, 0.717) is 0 Å². The molecule has 4 heterocycles. The van der Waals surface area contributed by atoms with Gasteiger partial charge in [0.15, 0.2) is 0 Å². The van der Waals surface area contributed by atoms with Crippen molar-refractivity contribution in [2.45, 2.75) is 0 Å².